The molecule has 146 valence electrons. The molecule has 0 fully saturated rings. The number of rotatable bonds is 6. The molecule has 4 rings (SSSR count). The van der Waals surface area contributed by atoms with Gasteiger partial charge in [-0.2, -0.15) is 0 Å². The van der Waals surface area contributed by atoms with Crippen molar-refractivity contribution < 1.29 is 13.9 Å². The summed E-state index contributed by atoms with van der Waals surface area (Å²) in [5.41, 5.74) is 4.45. The van der Waals surface area contributed by atoms with E-state index in [1.807, 2.05) is 79.7 Å². The Morgan fingerprint density at radius 2 is 1.83 bits per heavy atom. The average molecular weight is 386 g/mol. The van der Waals surface area contributed by atoms with Gasteiger partial charge in [0.2, 0.25) is 11.8 Å². The van der Waals surface area contributed by atoms with Gasteiger partial charge >= 0.3 is 0 Å². The van der Waals surface area contributed by atoms with Crippen LogP contribution in [-0.4, -0.2) is 10.9 Å². The van der Waals surface area contributed by atoms with E-state index < -0.39 is 0 Å². The molecule has 29 heavy (non-hydrogen) atoms. The average Bonchev–Trinajstić information content (AvgIpc) is 3.16. The molecule has 4 aromatic rings. The number of carbonyl (C=O) groups excluding carboxylic acids is 1. The smallest absolute Gasteiger partial charge is 0.227 e. The fraction of sp³-hybridized carbons (Fsp3) is 0.167. The van der Waals surface area contributed by atoms with Crippen molar-refractivity contribution in [3.05, 3.63) is 83.9 Å². The van der Waals surface area contributed by atoms with Gasteiger partial charge in [0.15, 0.2) is 5.58 Å². The van der Waals surface area contributed by atoms with Gasteiger partial charge in [-0.15, -0.1) is 0 Å². The number of benzene rings is 3. The molecule has 1 amide bonds. The Kier molecular flexibility index (Phi) is 5.29. The van der Waals surface area contributed by atoms with Crippen LogP contribution in [0.1, 0.15) is 31.0 Å². The first kappa shape index (κ1) is 18.7. The lowest BCUT2D eigenvalue weighted by atomic mass is 10.1. The summed E-state index contributed by atoms with van der Waals surface area (Å²) >= 11 is 0. The van der Waals surface area contributed by atoms with Gasteiger partial charge in [0.05, 0.1) is 6.04 Å². The van der Waals surface area contributed by atoms with Gasteiger partial charge in [-0.3, -0.25) is 4.79 Å². The summed E-state index contributed by atoms with van der Waals surface area (Å²) in [6, 6.07) is 23.4. The van der Waals surface area contributed by atoms with Crippen molar-refractivity contribution in [1.29, 1.82) is 0 Å². The predicted molar refractivity (Wildman–Crippen MR) is 112 cm³/mol. The Labute approximate surface area is 169 Å². The van der Waals surface area contributed by atoms with E-state index >= 15 is 0 Å². The Hall–Kier alpha value is -3.60. The highest BCUT2D eigenvalue weighted by atomic mass is 16.5. The summed E-state index contributed by atoms with van der Waals surface area (Å²) in [6.45, 7) is 3.97. The van der Waals surface area contributed by atoms with Gasteiger partial charge in [-0.25, -0.2) is 4.98 Å². The number of fused-ring (bicyclic) bond motifs is 1. The highest BCUT2D eigenvalue weighted by Gasteiger charge is 2.12. The molecule has 0 aliphatic heterocycles. The second kappa shape index (κ2) is 8.19. The maximum absolute atomic E-state index is 11.3. The molecule has 1 unspecified atom stereocenters. The number of nitrogens with one attached hydrogen (secondary N) is 1. The lowest BCUT2D eigenvalue weighted by molar-refractivity contribution is -0.119. The van der Waals surface area contributed by atoms with Crippen LogP contribution in [0.2, 0.25) is 0 Å². The van der Waals surface area contributed by atoms with Gasteiger partial charge in [0, 0.05) is 12.5 Å². The first-order valence-corrected chi connectivity index (χ1v) is 9.53. The second-order valence-corrected chi connectivity index (χ2v) is 6.97. The number of hydrogen-bond acceptors (Lipinski definition) is 4. The maximum atomic E-state index is 11.3. The first-order valence-electron chi connectivity index (χ1n) is 9.53. The zero-order chi connectivity index (χ0) is 20.2. The molecule has 1 N–H and O–H groups in total. The molecule has 0 spiro atoms. The summed E-state index contributed by atoms with van der Waals surface area (Å²) < 4.78 is 11.8. The van der Waals surface area contributed by atoms with Crippen molar-refractivity contribution in [3.63, 3.8) is 0 Å². The van der Waals surface area contributed by atoms with Crippen LogP contribution in [0, 0.1) is 0 Å². The van der Waals surface area contributed by atoms with Crippen LogP contribution in [-0.2, 0) is 11.4 Å². The number of aromatic nitrogens is 1. The van der Waals surface area contributed by atoms with Crippen LogP contribution >= 0.6 is 0 Å². The van der Waals surface area contributed by atoms with Crippen LogP contribution in [0.4, 0.5) is 0 Å². The second-order valence-electron chi connectivity index (χ2n) is 6.97. The van der Waals surface area contributed by atoms with Crippen molar-refractivity contribution in [1.82, 2.24) is 10.3 Å². The Morgan fingerprint density at radius 3 is 2.55 bits per heavy atom. The maximum Gasteiger partial charge on any atom is 0.227 e. The summed E-state index contributed by atoms with van der Waals surface area (Å²) in [4.78, 5) is 15.9. The van der Waals surface area contributed by atoms with E-state index in [1.165, 1.54) is 6.92 Å². The third-order valence-electron chi connectivity index (χ3n) is 4.68. The lowest BCUT2D eigenvalue weighted by Crippen LogP contribution is -2.23. The van der Waals surface area contributed by atoms with Gasteiger partial charge in [-0.05, 0) is 54.4 Å². The van der Waals surface area contributed by atoms with Crippen molar-refractivity contribution in [2.75, 3.05) is 0 Å². The van der Waals surface area contributed by atoms with Crippen molar-refractivity contribution in [3.8, 4) is 17.2 Å². The van der Waals surface area contributed by atoms with Gasteiger partial charge in [-0.1, -0.05) is 36.4 Å². The van der Waals surface area contributed by atoms with E-state index in [9.17, 15) is 4.79 Å². The van der Waals surface area contributed by atoms with Crippen LogP contribution < -0.4 is 10.1 Å². The molecule has 0 aliphatic rings. The highest BCUT2D eigenvalue weighted by molar-refractivity contribution is 5.78. The molecule has 5 heteroatoms. The molecular weight excluding hydrogens is 364 g/mol. The molecule has 1 atom stereocenters. The predicted octanol–water partition coefficient (Wildman–Crippen LogP) is 5.27. The SMILES string of the molecule is CC(=O)NC(C)c1ccc2nc(-c3ccc(OCc4ccccc4)cc3)oc2c1. The number of ether oxygens (including phenoxy) is 1. The van der Waals surface area contributed by atoms with Crippen LogP contribution in [0.15, 0.2) is 77.2 Å². The van der Waals surface area contributed by atoms with Crippen LogP contribution in [0.5, 0.6) is 5.75 Å². The minimum atomic E-state index is -0.0912. The minimum absolute atomic E-state index is 0.0644. The third-order valence-corrected chi connectivity index (χ3v) is 4.68. The van der Waals surface area contributed by atoms with Crippen LogP contribution in [0.25, 0.3) is 22.6 Å². The molecule has 0 bridgehead atoms. The van der Waals surface area contributed by atoms with E-state index in [0.29, 0.717) is 18.1 Å². The number of nitrogens with zero attached hydrogens (tertiary/aromatic N) is 1. The largest absolute Gasteiger partial charge is 0.489 e. The Bertz CT molecular complexity index is 1120. The summed E-state index contributed by atoms with van der Waals surface area (Å²) in [5, 5.41) is 2.88. The summed E-state index contributed by atoms with van der Waals surface area (Å²) in [5.74, 6) is 1.28. The molecule has 0 aliphatic carbocycles. The molecule has 1 aromatic heterocycles. The lowest BCUT2D eigenvalue weighted by Gasteiger charge is -2.12. The van der Waals surface area contributed by atoms with Crippen molar-refractivity contribution in [2.24, 2.45) is 0 Å². The molecule has 0 radical (unpaired) electrons. The van der Waals surface area contributed by atoms with Gasteiger partial charge in [0.25, 0.3) is 0 Å². The molecular formula is C24H22N2O3. The monoisotopic (exact) mass is 386 g/mol. The van der Waals surface area contributed by atoms with E-state index in [4.69, 9.17) is 9.15 Å². The topological polar surface area (TPSA) is 64.4 Å². The molecule has 0 saturated carbocycles. The van der Waals surface area contributed by atoms with E-state index in [0.717, 1.165) is 28.0 Å². The van der Waals surface area contributed by atoms with Crippen LogP contribution in [0.3, 0.4) is 0 Å². The molecule has 1 heterocycles. The fourth-order valence-corrected chi connectivity index (χ4v) is 3.16. The number of hydrogen-bond donors (Lipinski definition) is 1. The van der Waals surface area contributed by atoms with Gasteiger partial charge in [0.1, 0.15) is 17.9 Å². The summed E-state index contributed by atoms with van der Waals surface area (Å²) in [6.07, 6.45) is 0. The van der Waals surface area contributed by atoms with Crippen molar-refractivity contribution >= 4 is 17.0 Å². The standard InChI is InChI=1S/C24H22N2O3/c1-16(25-17(2)27)20-10-13-22-23(14-20)29-24(26-22)19-8-11-21(12-9-19)28-15-18-6-4-3-5-7-18/h3-14,16H,15H2,1-2H3,(H,25,27). The number of oxazole rings is 1. The number of carbonyl (C=O) groups is 1. The van der Waals surface area contributed by atoms with Gasteiger partial charge < -0.3 is 14.5 Å². The van der Waals surface area contributed by atoms with E-state index in [1.54, 1.807) is 0 Å². The fourth-order valence-electron chi connectivity index (χ4n) is 3.16. The van der Waals surface area contributed by atoms with E-state index in [2.05, 4.69) is 10.3 Å². The minimum Gasteiger partial charge on any atom is -0.489 e. The highest BCUT2D eigenvalue weighted by Crippen LogP contribution is 2.28. The quantitative estimate of drug-likeness (QED) is 0.490. The van der Waals surface area contributed by atoms with E-state index in [-0.39, 0.29) is 11.9 Å². The Morgan fingerprint density at radius 1 is 1.07 bits per heavy atom. The molecule has 0 saturated heterocycles. The zero-order valence-corrected chi connectivity index (χ0v) is 16.4. The third kappa shape index (κ3) is 4.46. The normalized spacial score (nSPS) is 11.9. The first-order chi connectivity index (χ1) is 14.1. The summed E-state index contributed by atoms with van der Waals surface area (Å²) in [7, 11) is 0. The van der Waals surface area contributed by atoms with Crippen molar-refractivity contribution in [2.45, 2.75) is 26.5 Å². The zero-order valence-electron chi connectivity index (χ0n) is 16.4. The Balaban J connectivity index is 1.49. The molecule has 3 aromatic carbocycles. The molecule has 5 nitrogen and oxygen atoms in total. The number of amides is 1.